The number of piperidine rings is 1. The summed E-state index contributed by atoms with van der Waals surface area (Å²) in [5, 5.41) is 4.45. The van der Waals surface area contributed by atoms with Gasteiger partial charge in [-0.3, -0.25) is 4.68 Å². The summed E-state index contributed by atoms with van der Waals surface area (Å²) in [6.45, 7) is 10.7. The van der Waals surface area contributed by atoms with Crippen LogP contribution in [0.1, 0.15) is 62.8 Å². The third-order valence-electron chi connectivity index (χ3n) is 3.80. The summed E-state index contributed by atoms with van der Waals surface area (Å²) >= 11 is 0. The van der Waals surface area contributed by atoms with Gasteiger partial charge in [-0.15, -0.1) is 0 Å². The van der Waals surface area contributed by atoms with Gasteiger partial charge >= 0.3 is 12.1 Å². The van der Waals surface area contributed by atoms with Crippen molar-refractivity contribution < 1.29 is 19.1 Å². The molecule has 1 saturated heterocycles. The number of carbonyl (C=O) groups excluding carboxylic acids is 2. The van der Waals surface area contributed by atoms with E-state index in [4.69, 9.17) is 9.47 Å². The number of aromatic nitrogens is 2. The first-order valence-corrected chi connectivity index (χ1v) is 8.42. The topological polar surface area (TPSA) is 73.7 Å². The predicted molar refractivity (Wildman–Crippen MR) is 89.0 cm³/mol. The Morgan fingerprint density at radius 2 is 1.92 bits per heavy atom. The van der Waals surface area contributed by atoms with E-state index in [0.29, 0.717) is 25.4 Å². The molecule has 1 aliphatic heterocycles. The fourth-order valence-electron chi connectivity index (χ4n) is 2.77. The molecule has 1 amide bonds. The van der Waals surface area contributed by atoms with Crippen LogP contribution in [-0.2, 0) is 9.47 Å². The first kappa shape index (κ1) is 18.3. The van der Waals surface area contributed by atoms with Crippen molar-refractivity contribution in [3.05, 3.63) is 17.5 Å². The standard InChI is InChI=1S/C17H27N3O4/c1-6-23-15(21)14-11-12(2)18-20(14)13-7-9-19(10-8-13)16(22)24-17(3,4)5/h11,13H,6-10H2,1-5H3. The van der Waals surface area contributed by atoms with Gasteiger partial charge in [-0.1, -0.05) is 0 Å². The number of amides is 1. The molecule has 1 aromatic heterocycles. The summed E-state index contributed by atoms with van der Waals surface area (Å²) in [6.07, 6.45) is 1.17. The monoisotopic (exact) mass is 337 g/mol. The molecule has 1 aliphatic rings. The van der Waals surface area contributed by atoms with E-state index in [0.717, 1.165) is 18.5 Å². The van der Waals surface area contributed by atoms with Crippen LogP contribution in [-0.4, -0.2) is 52.0 Å². The molecular weight excluding hydrogens is 310 g/mol. The average Bonchev–Trinajstić information content (AvgIpc) is 2.88. The summed E-state index contributed by atoms with van der Waals surface area (Å²) in [7, 11) is 0. The minimum absolute atomic E-state index is 0.0804. The van der Waals surface area contributed by atoms with Gasteiger partial charge in [0.2, 0.25) is 0 Å². The number of rotatable bonds is 3. The average molecular weight is 337 g/mol. The Kier molecular flexibility index (Phi) is 5.51. The predicted octanol–water partition coefficient (Wildman–Crippen LogP) is 2.94. The van der Waals surface area contributed by atoms with Crippen LogP contribution in [0.2, 0.25) is 0 Å². The molecule has 0 bridgehead atoms. The Bertz CT molecular complexity index is 595. The number of hydrogen-bond donors (Lipinski definition) is 0. The van der Waals surface area contributed by atoms with Crippen molar-refractivity contribution in [2.45, 2.75) is 59.1 Å². The maximum atomic E-state index is 12.1. The van der Waals surface area contributed by atoms with Crippen LogP contribution in [0.15, 0.2) is 6.07 Å². The van der Waals surface area contributed by atoms with Crippen LogP contribution in [0.4, 0.5) is 4.79 Å². The minimum Gasteiger partial charge on any atom is -0.461 e. The molecule has 0 unspecified atom stereocenters. The third-order valence-corrected chi connectivity index (χ3v) is 3.80. The van der Waals surface area contributed by atoms with Crippen molar-refractivity contribution >= 4 is 12.1 Å². The summed E-state index contributed by atoms with van der Waals surface area (Å²) in [5.41, 5.74) is 0.766. The van der Waals surface area contributed by atoms with E-state index in [1.54, 1.807) is 22.6 Å². The highest BCUT2D eigenvalue weighted by Crippen LogP contribution is 2.25. The summed E-state index contributed by atoms with van der Waals surface area (Å²) < 4.78 is 12.3. The molecule has 0 saturated carbocycles. The zero-order valence-corrected chi connectivity index (χ0v) is 15.2. The van der Waals surface area contributed by atoms with Gasteiger partial charge < -0.3 is 14.4 Å². The van der Waals surface area contributed by atoms with E-state index in [-0.39, 0.29) is 18.1 Å². The Labute approximate surface area is 142 Å². The van der Waals surface area contributed by atoms with Crippen LogP contribution < -0.4 is 0 Å². The summed E-state index contributed by atoms with van der Waals surface area (Å²) in [6, 6.07) is 1.83. The van der Waals surface area contributed by atoms with Gasteiger partial charge in [0.25, 0.3) is 0 Å². The van der Waals surface area contributed by atoms with Gasteiger partial charge in [-0.25, -0.2) is 9.59 Å². The zero-order chi connectivity index (χ0) is 17.9. The van der Waals surface area contributed by atoms with Crippen LogP contribution in [0.3, 0.4) is 0 Å². The van der Waals surface area contributed by atoms with Gasteiger partial charge in [-0.2, -0.15) is 5.10 Å². The van der Waals surface area contributed by atoms with Crippen molar-refractivity contribution in [2.75, 3.05) is 19.7 Å². The largest absolute Gasteiger partial charge is 0.461 e. The highest BCUT2D eigenvalue weighted by molar-refractivity contribution is 5.87. The van der Waals surface area contributed by atoms with Crippen molar-refractivity contribution in [1.82, 2.24) is 14.7 Å². The first-order chi connectivity index (χ1) is 11.2. The number of carbonyl (C=O) groups is 2. The van der Waals surface area contributed by atoms with E-state index >= 15 is 0 Å². The Morgan fingerprint density at radius 1 is 1.29 bits per heavy atom. The molecule has 0 atom stereocenters. The summed E-state index contributed by atoms with van der Waals surface area (Å²) in [4.78, 5) is 25.9. The van der Waals surface area contributed by atoms with Crippen LogP contribution >= 0.6 is 0 Å². The number of nitrogens with zero attached hydrogens (tertiary/aromatic N) is 3. The van der Waals surface area contributed by atoms with Gasteiger partial charge in [0.15, 0.2) is 0 Å². The molecule has 7 heteroatoms. The van der Waals surface area contributed by atoms with Gasteiger partial charge in [0.05, 0.1) is 18.3 Å². The van der Waals surface area contributed by atoms with Crippen molar-refractivity contribution in [1.29, 1.82) is 0 Å². The molecule has 0 N–H and O–H groups in total. The SMILES string of the molecule is CCOC(=O)c1cc(C)nn1C1CCN(C(=O)OC(C)(C)C)CC1. The molecule has 134 valence electrons. The zero-order valence-electron chi connectivity index (χ0n) is 15.2. The third kappa shape index (κ3) is 4.49. The molecule has 0 radical (unpaired) electrons. The lowest BCUT2D eigenvalue weighted by Crippen LogP contribution is -2.42. The molecule has 2 heterocycles. The van der Waals surface area contributed by atoms with E-state index in [9.17, 15) is 9.59 Å². The Hall–Kier alpha value is -2.05. The fraction of sp³-hybridized carbons (Fsp3) is 0.706. The van der Waals surface area contributed by atoms with E-state index < -0.39 is 5.60 Å². The van der Waals surface area contributed by atoms with Gasteiger partial charge in [0, 0.05) is 13.1 Å². The maximum absolute atomic E-state index is 12.1. The van der Waals surface area contributed by atoms with Gasteiger partial charge in [-0.05, 0) is 53.5 Å². The van der Waals surface area contributed by atoms with E-state index in [1.165, 1.54) is 0 Å². The molecule has 1 aromatic rings. The number of hydrogen-bond acceptors (Lipinski definition) is 5. The maximum Gasteiger partial charge on any atom is 0.410 e. The Balaban J connectivity index is 2.02. The van der Waals surface area contributed by atoms with Crippen LogP contribution in [0, 0.1) is 6.92 Å². The normalized spacial score (nSPS) is 16.1. The van der Waals surface area contributed by atoms with E-state index in [2.05, 4.69) is 5.10 Å². The lowest BCUT2D eigenvalue weighted by molar-refractivity contribution is 0.0180. The first-order valence-electron chi connectivity index (χ1n) is 8.42. The molecule has 7 nitrogen and oxygen atoms in total. The molecule has 2 rings (SSSR count). The highest BCUT2D eigenvalue weighted by Gasteiger charge is 2.30. The second kappa shape index (κ2) is 7.23. The number of aryl methyl sites for hydroxylation is 1. The molecule has 1 fully saturated rings. The second-order valence-electron chi connectivity index (χ2n) is 7.03. The van der Waals surface area contributed by atoms with Crippen LogP contribution in [0.25, 0.3) is 0 Å². The number of esters is 1. The molecule has 24 heavy (non-hydrogen) atoms. The lowest BCUT2D eigenvalue weighted by atomic mass is 10.1. The fourth-order valence-corrected chi connectivity index (χ4v) is 2.77. The molecular formula is C17H27N3O4. The van der Waals surface area contributed by atoms with Crippen molar-refractivity contribution in [3.8, 4) is 0 Å². The number of likely N-dealkylation sites (tertiary alicyclic amines) is 1. The molecule has 0 aromatic carbocycles. The van der Waals surface area contributed by atoms with Crippen molar-refractivity contribution in [2.24, 2.45) is 0 Å². The second-order valence-corrected chi connectivity index (χ2v) is 7.03. The van der Waals surface area contributed by atoms with E-state index in [1.807, 2.05) is 27.7 Å². The smallest absolute Gasteiger partial charge is 0.410 e. The quantitative estimate of drug-likeness (QED) is 0.793. The van der Waals surface area contributed by atoms with Crippen molar-refractivity contribution in [3.63, 3.8) is 0 Å². The Morgan fingerprint density at radius 3 is 2.46 bits per heavy atom. The number of ether oxygens (including phenoxy) is 2. The molecule has 0 aliphatic carbocycles. The minimum atomic E-state index is -0.496. The van der Waals surface area contributed by atoms with Gasteiger partial charge in [0.1, 0.15) is 11.3 Å². The highest BCUT2D eigenvalue weighted by atomic mass is 16.6. The lowest BCUT2D eigenvalue weighted by Gasteiger charge is -2.33. The molecule has 0 spiro atoms. The summed E-state index contributed by atoms with van der Waals surface area (Å²) in [5.74, 6) is -0.354. The van der Waals surface area contributed by atoms with Crippen LogP contribution in [0.5, 0.6) is 0 Å².